The Morgan fingerprint density at radius 2 is 2.37 bits per heavy atom. The van der Waals surface area contributed by atoms with Crippen LogP contribution >= 0.6 is 0 Å². The smallest absolute Gasteiger partial charge is 0.337 e. The van der Waals surface area contributed by atoms with Crippen LogP contribution in [0.3, 0.4) is 0 Å². The van der Waals surface area contributed by atoms with Gasteiger partial charge in [-0.25, -0.2) is 9.78 Å². The molecule has 1 aliphatic carbocycles. The zero-order valence-electron chi connectivity index (χ0n) is 11.2. The molecule has 1 aliphatic rings. The van der Waals surface area contributed by atoms with Gasteiger partial charge in [0.2, 0.25) is 0 Å². The summed E-state index contributed by atoms with van der Waals surface area (Å²) in [5.74, 6) is 0.352. The second-order valence-corrected chi connectivity index (χ2v) is 5.24. The highest BCUT2D eigenvalue weighted by Crippen LogP contribution is 2.28. The number of carbonyl (C=O) groups is 1. The monoisotopic (exact) mass is 263 g/mol. The largest absolute Gasteiger partial charge is 0.478 e. The summed E-state index contributed by atoms with van der Waals surface area (Å²) in [6.07, 6.45) is 7.37. The van der Waals surface area contributed by atoms with Crippen molar-refractivity contribution < 1.29 is 9.90 Å². The summed E-state index contributed by atoms with van der Waals surface area (Å²) in [5.41, 5.74) is 5.91. The van der Waals surface area contributed by atoms with E-state index in [0.717, 1.165) is 18.8 Å². The Morgan fingerprint density at radius 3 is 3.05 bits per heavy atom. The van der Waals surface area contributed by atoms with Gasteiger partial charge in [-0.15, -0.1) is 0 Å². The summed E-state index contributed by atoms with van der Waals surface area (Å²) in [4.78, 5) is 15.2. The molecular weight excluding hydrogens is 242 g/mol. The lowest BCUT2D eigenvalue weighted by Gasteiger charge is -2.29. The molecule has 2 atom stereocenters. The van der Waals surface area contributed by atoms with Crippen LogP contribution in [0, 0.1) is 5.92 Å². The Bertz CT molecular complexity index is 462. The van der Waals surface area contributed by atoms with Gasteiger partial charge in [-0.3, -0.25) is 0 Å². The number of aromatic nitrogens is 1. The third-order valence-electron chi connectivity index (χ3n) is 3.88. The number of pyridine rings is 1. The molecule has 1 saturated carbocycles. The van der Waals surface area contributed by atoms with Crippen molar-refractivity contribution in [2.45, 2.75) is 45.1 Å². The number of rotatable bonds is 4. The minimum Gasteiger partial charge on any atom is -0.478 e. The van der Waals surface area contributed by atoms with Crippen LogP contribution in [0.1, 0.15) is 49.4 Å². The first kappa shape index (κ1) is 13.6. The zero-order chi connectivity index (χ0) is 13.8. The summed E-state index contributed by atoms with van der Waals surface area (Å²) in [6.45, 7) is 2.22. The topological polar surface area (TPSA) is 88.2 Å². The number of nitrogens with one attached hydrogen (secondary N) is 1. The van der Waals surface area contributed by atoms with E-state index in [4.69, 9.17) is 10.8 Å². The molecule has 1 heterocycles. The Morgan fingerprint density at radius 1 is 1.58 bits per heavy atom. The molecule has 0 aliphatic heterocycles. The van der Waals surface area contributed by atoms with E-state index < -0.39 is 5.97 Å². The molecule has 1 aromatic rings. The van der Waals surface area contributed by atoms with Crippen molar-refractivity contribution >= 4 is 17.5 Å². The average Bonchev–Trinajstić information content (AvgIpc) is 2.41. The first-order chi connectivity index (χ1) is 9.10. The molecule has 0 saturated heterocycles. The maximum Gasteiger partial charge on any atom is 0.337 e. The minimum atomic E-state index is -1.02. The summed E-state index contributed by atoms with van der Waals surface area (Å²) in [5, 5.41) is 12.4. The van der Waals surface area contributed by atoms with Crippen LogP contribution in [-0.2, 0) is 0 Å². The normalized spacial score (nSPS) is 23.0. The predicted octanol–water partition coefficient (Wildman–Crippen LogP) is 2.74. The number of hydrogen-bond acceptors (Lipinski definition) is 4. The molecule has 0 bridgehead atoms. The van der Waals surface area contributed by atoms with Crippen LogP contribution in [-0.4, -0.2) is 22.1 Å². The lowest BCUT2D eigenvalue weighted by atomic mass is 9.84. The first-order valence-corrected chi connectivity index (χ1v) is 6.85. The van der Waals surface area contributed by atoms with Crippen molar-refractivity contribution in [1.29, 1.82) is 0 Å². The molecule has 0 amide bonds. The molecule has 1 fully saturated rings. The standard InChI is InChI=1S/C14H21N3O2/c1-2-9-4-3-5-10(6-9)17-13-7-11(14(18)19)12(15)8-16-13/h7-10H,2-6,15H2,1H3,(H,16,17)(H,18,19). The summed E-state index contributed by atoms with van der Waals surface area (Å²) < 4.78 is 0. The van der Waals surface area contributed by atoms with Crippen LogP contribution < -0.4 is 11.1 Å². The summed E-state index contributed by atoms with van der Waals surface area (Å²) in [7, 11) is 0. The van der Waals surface area contributed by atoms with E-state index in [0.29, 0.717) is 11.9 Å². The van der Waals surface area contributed by atoms with E-state index >= 15 is 0 Å². The number of hydrogen-bond donors (Lipinski definition) is 3. The molecule has 5 nitrogen and oxygen atoms in total. The molecule has 5 heteroatoms. The van der Waals surface area contributed by atoms with Gasteiger partial charge in [-0.2, -0.15) is 0 Å². The molecule has 2 rings (SSSR count). The van der Waals surface area contributed by atoms with E-state index in [1.807, 2.05) is 0 Å². The maximum atomic E-state index is 11.0. The third-order valence-corrected chi connectivity index (χ3v) is 3.88. The number of nitrogen functional groups attached to an aromatic ring is 1. The lowest BCUT2D eigenvalue weighted by molar-refractivity contribution is 0.0698. The second-order valence-electron chi connectivity index (χ2n) is 5.24. The van der Waals surface area contributed by atoms with Crippen LogP contribution in [0.5, 0.6) is 0 Å². The van der Waals surface area contributed by atoms with Crippen LogP contribution in [0.15, 0.2) is 12.3 Å². The summed E-state index contributed by atoms with van der Waals surface area (Å²) in [6, 6.07) is 1.91. The molecule has 1 aromatic heterocycles. The third kappa shape index (κ3) is 3.36. The molecule has 104 valence electrons. The molecule has 19 heavy (non-hydrogen) atoms. The average molecular weight is 263 g/mol. The Kier molecular flexibility index (Phi) is 4.24. The number of aromatic carboxylic acids is 1. The van der Waals surface area contributed by atoms with E-state index in [-0.39, 0.29) is 11.3 Å². The summed E-state index contributed by atoms with van der Waals surface area (Å²) >= 11 is 0. The molecule has 0 radical (unpaired) electrons. The van der Waals surface area contributed by atoms with Gasteiger partial charge in [-0.1, -0.05) is 26.2 Å². The van der Waals surface area contributed by atoms with Gasteiger partial charge in [-0.05, 0) is 24.8 Å². The van der Waals surface area contributed by atoms with Crippen molar-refractivity contribution in [1.82, 2.24) is 4.98 Å². The van der Waals surface area contributed by atoms with Crippen LogP contribution in [0.2, 0.25) is 0 Å². The fourth-order valence-electron chi connectivity index (χ4n) is 2.73. The lowest BCUT2D eigenvalue weighted by Crippen LogP contribution is -2.27. The Hall–Kier alpha value is -1.78. The van der Waals surface area contributed by atoms with Gasteiger partial charge in [0.1, 0.15) is 5.82 Å². The highest BCUT2D eigenvalue weighted by Gasteiger charge is 2.21. The van der Waals surface area contributed by atoms with Crippen molar-refractivity contribution in [3.63, 3.8) is 0 Å². The van der Waals surface area contributed by atoms with E-state index in [2.05, 4.69) is 17.2 Å². The SMILES string of the molecule is CCC1CCCC(Nc2cc(C(=O)O)c(N)cn2)C1. The Balaban J connectivity index is 2.06. The molecule has 4 N–H and O–H groups in total. The molecular formula is C14H21N3O2. The first-order valence-electron chi connectivity index (χ1n) is 6.85. The van der Waals surface area contributed by atoms with Gasteiger partial charge in [0.05, 0.1) is 17.4 Å². The van der Waals surface area contributed by atoms with Crippen molar-refractivity contribution in [3.05, 3.63) is 17.8 Å². The highest BCUT2D eigenvalue weighted by molar-refractivity contribution is 5.94. The van der Waals surface area contributed by atoms with Gasteiger partial charge in [0.25, 0.3) is 0 Å². The van der Waals surface area contributed by atoms with Gasteiger partial charge >= 0.3 is 5.97 Å². The van der Waals surface area contributed by atoms with Crippen molar-refractivity contribution in [3.8, 4) is 0 Å². The molecule has 0 spiro atoms. The number of anilines is 2. The predicted molar refractivity (Wildman–Crippen MR) is 75.3 cm³/mol. The van der Waals surface area contributed by atoms with Gasteiger partial charge < -0.3 is 16.2 Å². The number of carboxylic acid groups (broad SMARTS) is 1. The number of nitrogens with zero attached hydrogens (tertiary/aromatic N) is 1. The number of carboxylic acids is 1. The van der Waals surface area contributed by atoms with Crippen molar-refractivity contribution in [2.24, 2.45) is 5.92 Å². The highest BCUT2D eigenvalue weighted by atomic mass is 16.4. The zero-order valence-corrected chi connectivity index (χ0v) is 11.2. The van der Waals surface area contributed by atoms with E-state index in [1.54, 1.807) is 0 Å². The molecule has 2 unspecified atom stereocenters. The maximum absolute atomic E-state index is 11.0. The van der Waals surface area contributed by atoms with E-state index in [9.17, 15) is 4.79 Å². The Labute approximate surface area is 113 Å². The van der Waals surface area contributed by atoms with Gasteiger partial charge in [0.15, 0.2) is 0 Å². The van der Waals surface area contributed by atoms with Crippen LogP contribution in [0.25, 0.3) is 0 Å². The van der Waals surface area contributed by atoms with Crippen LogP contribution in [0.4, 0.5) is 11.5 Å². The van der Waals surface area contributed by atoms with Crippen molar-refractivity contribution in [2.75, 3.05) is 11.1 Å². The molecule has 0 aromatic carbocycles. The minimum absolute atomic E-state index is 0.111. The van der Waals surface area contributed by atoms with Gasteiger partial charge in [0, 0.05) is 6.04 Å². The fraction of sp³-hybridized carbons (Fsp3) is 0.571. The second kappa shape index (κ2) is 5.91. The quantitative estimate of drug-likeness (QED) is 0.777. The fourth-order valence-corrected chi connectivity index (χ4v) is 2.73. The van der Waals surface area contributed by atoms with E-state index in [1.165, 1.54) is 31.5 Å². The number of nitrogens with two attached hydrogens (primary N) is 1.